The molecule has 5 rings (SSSR count). The Balaban J connectivity index is 1.37. The molecule has 2 amide bonds. The van der Waals surface area contributed by atoms with Crippen LogP contribution in [0.25, 0.3) is 0 Å². The standard InChI is InChI=1S/C31H34N4O3/c1-3-31(4-2)20-28(36)35(30(34-31)32-24-13-6-5-7-14-24)21-22-11-10-12-23(19-22)29(37)33-26-17-18-38-27-16-9-8-15-25(26)27/h5-16,19,26H,3-4,17-18,20-21H2,1-2H3,(H,32,34)(H,33,37). The van der Waals surface area contributed by atoms with Crippen LogP contribution in [0.5, 0.6) is 5.75 Å². The lowest BCUT2D eigenvalue weighted by atomic mass is 9.86. The highest BCUT2D eigenvalue weighted by atomic mass is 16.5. The van der Waals surface area contributed by atoms with Crippen LogP contribution in [0.4, 0.5) is 5.69 Å². The van der Waals surface area contributed by atoms with Gasteiger partial charge in [0.2, 0.25) is 11.9 Å². The normalized spacial score (nSPS) is 19.3. The zero-order chi connectivity index (χ0) is 26.5. The molecule has 1 atom stereocenters. The van der Waals surface area contributed by atoms with E-state index in [2.05, 4.69) is 24.5 Å². The van der Waals surface area contributed by atoms with Crippen LogP contribution in [0.3, 0.4) is 0 Å². The second kappa shape index (κ2) is 11.1. The van der Waals surface area contributed by atoms with E-state index in [1.165, 1.54) is 0 Å². The molecule has 0 aromatic heterocycles. The summed E-state index contributed by atoms with van der Waals surface area (Å²) in [6.45, 7) is 5.08. The predicted molar refractivity (Wildman–Crippen MR) is 148 cm³/mol. The maximum Gasteiger partial charge on any atom is 0.251 e. The number of amides is 2. The van der Waals surface area contributed by atoms with Crippen molar-refractivity contribution in [3.05, 3.63) is 95.6 Å². The van der Waals surface area contributed by atoms with Gasteiger partial charge in [-0.1, -0.05) is 62.4 Å². The molecule has 2 heterocycles. The number of aliphatic imine (C=N–C) groups is 1. The van der Waals surface area contributed by atoms with Crippen molar-refractivity contribution in [2.24, 2.45) is 4.99 Å². The lowest BCUT2D eigenvalue weighted by Crippen LogP contribution is -2.61. The molecule has 2 aliphatic rings. The van der Waals surface area contributed by atoms with Crippen molar-refractivity contribution in [3.63, 3.8) is 0 Å². The number of nitrogens with one attached hydrogen (secondary N) is 2. The molecular formula is C31H34N4O3. The third-order valence-electron chi connectivity index (χ3n) is 7.56. The van der Waals surface area contributed by atoms with Gasteiger partial charge in [0, 0.05) is 23.1 Å². The molecule has 7 nitrogen and oxygen atoms in total. The first kappa shape index (κ1) is 25.5. The van der Waals surface area contributed by atoms with Crippen molar-refractivity contribution >= 4 is 23.5 Å². The van der Waals surface area contributed by atoms with Gasteiger partial charge < -0.3 is 15.4 Å². The summed E-state index contributed by atoms with van der Waals surface area (Å²) in [5, 5.41) is 6.74. The van der Waals surface area contributed by atoms with Crippen molar-refractivity contribution in [1.82, 2.24) is 15.5 Å². The van der Waals surface area contributed by atoms with Crippen LogP contribution in [0.2, 0.25) is 0 Å². The van der Waals surface area contributed by atoms with E-state index in [4.69, 9.17) is 9.73 Å². The summed E-state index contributed by atoms with van der Waals surface area (Å²) in [7, 11) is 0. The molecule has 3 aromatic carbocycles. The van der Waals surface area contributed by atoms with Crippen molar-refractivity contribution in [2.75, 3.05) is 6.61 Å². The van der Waals surface area contributed by atoms with Crippen LogP contribution in [-0.2, 0) is 11.3 Å². The Morgan fingerprint density at radius 1 is 1.05 bits per heavy atom. The number of benzene rings is 3. The Morgan fingerprint density at radius 2 is 1.82 bits per heavy atom. The topological polar surface area (TPSA) is 83.0 Å². The fourth-order valence-electron chi connectivity index (χ4n) is 5.13. The van der Waals surface area contributed by atoms with Crippen LogP contribution < -0.4 is 15.4 Å². The molecule has 0 bridgehead atoms. The number of hydrogen-bond acceptors (Lipinski definition) is 4. The summed E-state index contributed by atoms with van der Waals surface area (Å²) in [6, 6.07) is 24.8. The molecule has 0 aliphatic carbocycles. The molecule has 1 saturated heterocycles. The highest BCUT2D eigenvalue weighted by Gasteiger charge is 2.39. The number of nitrogens with zero attached hydrogens (tertiary/aromatic N) is 2. The zero-order valence-corrected chi connectivity index (χ0v) is 21.9. The number of para-hydroxylation sites is 2. The molecular weight excluding hydrogens is 476 g/mol. The molecule has 38 heavy (non-hydrogen) atoms. The third kappa shape index (κ3) is 5.42. The van der Waals surface area contributed by atoms with Gasteiger partial charge in [0.25, 0.3) is 5.91 Å². The Labute approximate surface area is 223 Å². The van der Waals surface area contributed by atoms with Gasteiger partial charge in [-0.15, -0.1) is 0 Å². The first-order chi connectivity index (χ1) is 18.5. The Kier molecular flexibility index (Phi) is 7.45. The number of ether oxygens (including phenoxy) is 1. The van der Waals surface area contributed by atoms with Crippen molar-refractivity contribution in [1.29, 1.82) is 0 Å². The summed E-state index contributed by atoms with van der Waals surface area (Å²) >= 11 is 0. The number of carbonyl (C=O) groups is 2. The monoisotopic (exact) mass is 510 g/mol. The summed E-state index contributed by atoms with van der Waals surface area (Å²) in [4.78, 5) is 33.2. The molecule has 0 radical (unpaired) electrons. The van der Waals surface area contributed by atoms with E-state index >= 15 is 0 Å². The van der Waals surface area contributed by atoms with Gasteiger partial charge in [0.05, 0.1) is 31.3 Å². The Morgan fingerprint density at radius 3 is 2.61 bits per heavy atom. The maximum atomic E-state index is 13.4. The zero-order valence-electron chi connectivity index (χ0n) is 21.9. The van der Waals surface area contributed by atoms with E-state index in [0.29, 0.717) is 37.5 Å². The molecule has 2 N–H and O–H groups in total. The first-order valence-corrected chi connectivity index (χ1v) is 13.3. The first-order valence-electron chi connectivity index (χ1n) is 13.3. The quantitative estimate of drug-likeness (QED) is 0.439. The van der Waals surface area contributed by atoms with Gasteiger partial charge in [-0.25, -0.2) is 4.99 Å². The van der Waals surface area contributed by atoms with Crippen molar-refractivity contribution < 1.29 is 14.3 Å². The second-order valence-electron chi connectivity index (χ2n) is 9.94. The van der Waals surface area contributed by atoms with Crippen LogP contribution in [0.15, 0.2) is 83.9 Å². The average molecular weight is 511 g/mol. The van der Waals surface area contributed by atoms with Crippen molar-refractivity contribution in [3.8, 4) is 5.75 Å². The Bertz CT molecular complexity index is 1330. The minimum atomic E-state index is -0.317. The van der Waals surface area contributed by atoms with Crippen molar-refractivity contribution in [2.45, 2.75) is 57.7 Å². The van der Waals surface area contributed by atoms with E-state index in [1.54, 1.807) is 11.0 Å². The largest absolute Gasteiger partial charge is 0.493 e. The molecule has 1 unspecified atom stereocenters. The number of guanidine groups is 1. The molecule has 7 heteroatoms. The lowest BCUT2D eigenvalue weighted by molar-refractivity contribution is -0.131. The van der Waals surface area contributed by atoms with Crippen LogP contribution in [0.1, 0.15) is 67.1 Å². The van der Waals surface area contributed by atoms with E-state index < -0.39 is 0 Å². The molecule has 3 aromatic rings. The van der Waals surface area contributed by atoms with Gasteiger partial charge in [-0.2, -0.15) is 0 Å². The number of carbonyl (C=O) groups excluding carboxylic acids is 2. The molecule has 196 valence electrons. The summed E-state index contributed by atoms with van der Waals surface area (Å²) < 4.78 is 5.73. The van der Waals surface area contributed by atoms with E-state index in [1.807, 2.05) is 72.8 Å². The maximum absolute atomic E-state index is 13.4. The summed E-state index contributed by atoms with van der Waals surface area (Å²) in [6.07, 6.45) is 2.76. The van der Waals surface area contributed by atoms with Crippen LogP contribution >= 0.6 is 0 Å². The summed E-state index contributed by atoms with van der Waals surface area (Å²) in [5.74, 6) is 1.24. The van der Waals surface area contributed by atoms with Gasteiger partial charge in [0.1, 0.15) is 5.75 Å². The third-order valence-corrected chi connectivity index (χ3v) is 7.56. The molecule has 0 saturated carbocycles. The second-order valence-corrected chi connectivity index (χ2v) is 9.94. The fourth-order valence-corrected chi connectivity index (χ4v) is 5.13. The predicted octanol–water partition coefficient (Wildman–Crippen LogP) is 5.51. The van der Waals surface area contributed by atoms with Gasteiger partial charge in [-0.05, 0) is 48.7 Å². The van der Waals surface area contributed by atoms with Crippen LogP contribution in [0, 0.1) is 0 Å². The SMILES string of the molecule is CCC1(CC)CC(=O)N(Cc2cccc(C(=O)NC3CCOc4ccccc43)c2)/C(=N\c2ccccc2)N1. The lowest BCUT2D eigenvalue weighted by Gasteiger charge is -2.42. The average Bonchev–Trinajstić information content (AvgIpc) is 2.95. The minimum absolute atomic E-state index is 0.0239. The smallest absolute Gasteiger partial charge is 0.251 e. The molecule has 2 aliphatic heterocycles. The molecule has 0 spiro atoms. The highest BCUT2D eigenvalue weighted by molar-refractivity contribution is 6.01. The number of rotatable bonds is 7. The molecule has 1 fully saturated rings. The number of hydrogen-bond donors (Lipinski definition) is 2. The van der Waals surface area contributed by atoms with Gasteiger partial charge in [-0.3, -0.25) is 14.5 Å². The van der Waals surface area contributed by atoms with E-state index in [0.717, 1.165) is 35.4 Å². The number of fused-ring (bicyclic) bond motifs is 1. The van der Waals surface area contributed by atoms with Crippen LogP contribution in [-0.4, -0.2) is 34.8 Å². The Hall–Kier alpha value is -4.13. The van der Waals surface area contributed by atoms with Gasteiger partial charge in [0.15, 0.2) is 0 Å². The van der Waals surface area contributed by atoms with E-state index in [9.17, 15) is 9.59 Å². The van der Waals surface area contributed by atoms with Gasteiger partial charge >= 0.3 is 0 Å². The highest BCUT2D eigenvalue weighted by Crippen LogP contribution is 2.32. The fraction of sp³-hybridized carbons (Fsp3) is 0.323. The summed E-state index contributed by atoms with van der Waals surface area (Å²) in [5.41, 5.74) is 2.87. The minimum Gasteiger partial charge on any atom is -0.493 e. The van der Waals surface area contributed by atoms with E-state index in [-0.39, 0.29) is 23.4 Å².